The Labute approximate surface area is 224 Å². The van der Waals surface area contributed by atoms with E-state index in [4.69, 9.17) is 19.2 Å². The second-order valence-electron chi connectivity index (χ2n) is 9.70. The minimum atomic E-state index is 0.540. The number of hydrogen-bond acceptors (Lipinski definition) is 8. The number of hydrogen-bond donors (Lipinski definition) is 0. The van der Waals surface area contributed by atoms with Gasteiger partial charge in [0.05, 0.1) is 39.2 Å². The van der Waals surface area contributed by atoms with Crippen molar-refractivity contribution in [3.8, 4) is 5.75 Å². The highest BCUT2D eigenvalue weighted by atomic mass is 32.1. The molecule has 7 nitrogen and oxygen atoms in total. The van der Waals surface area contributed by atoms with Crippen molar-refractivity contribution in [3.63, 3.8) is 0 Å². The molecular formula is C29H38N4O3S. The monoisotopic (exact) mass is 522 g/mol. The molecule has 0 unspecified atom stereocenters. The molecule has 0 bridgehead atoms. The molecule has 37 heavy (non-hydrogen) atoms. The number of aromatic nitrogens is 1. The first-order chi connectivity index (χ1) is 18.3. The third-order valence-corrected chi connectivity index (χ3v) is 7.95. The fourth-order valence-electron chi connectivity index (χ4n) is 4.89. The van der Waals surface area contributed by atoms with Gasteiger partial charge in [0.25, 0.3) is 0 Å². The van der Waals surface area contributed by atoms with Crippen LogP contribution in [0, 0.1) is 0 Å². The van der Waals surface area contributed by atoms with Crippen molar-refractivity contribution >= 4 is 22.2 Å². The zero-order valence-corrected chi connectivity index (χ0v) is 22.6. The van der Waals surface area contributed by atoms with Gasteiger partial charge in [-0.15, -0.1) is 11.3 Å². The molecule has 0 aliphatic carbocycles. The van der Waals surface area contributed by atoms with E-state index in [1.54, 1.807) is 18.4 Å². The molecular weight excluding hydrogens is 484 g/mol. The van der Waals surface area contributed by atoms with E-state index in [0.717, 1.165) is 75.6 Å². The second-order valence-corrected chi connectivity index (χ2v) is 10.5. The molecule has 1 aromatic heterocycles. The van der Waals surface area contributed by atoms with E-state index >= 15 is 0 Å². The molecule has 8 heteroatoms. The number of morpholine rings is 1. The van der Waals surface area contributed by atoms with Gasteiger partial charge in [-0.1, -0.05) is 24.3 Å². The maximum atomic E-state index is 5.97. The summed E-state index contributed by atoms with van der Waals surface area (Å²) in [7, 11) is 1.71. The SMILES string of the molecule is COc1cccc(CN(Cc2ccc(N3CCCC3)cc2)c2nc(COCCN3CCOCC3)cs2)c1. The van der Waals surface area contributed by atoms with Crippen molar-refractivity contribution in [2.45, 2.75) is 32.5 Å². The van der Waals surface area contributed by atoms with Crippen LogP contribution in [0.2, 0.25) is 0 Å². The molecule has 0 N–H and O–H groups in total. The summed E-state index contributed by atoms with van der Waals surface area (Å²) < 4.78 is 16.9. The van der Waals surface area contributed by atoms with E-state index < -0.39 is 0 Å². The van der Waals surface area contributed by atoms with Crippen LogP contribution in [0.4, 0.5) is 10.8 Å². The first-order valence-electron chi connectivity index (χ1n) is 13.3. The largest absolute Gasteiger partial charge is 0.497 e. The Balaban J connectivity index is 1.23. The Morgan fingerprint density at radius 3 is 2.54 bits per heavy atom. The quantitative estimate of drug-likeness (QED) is 0.317. The summed E-state index contributed by atoms with van der Waals surface area (Å²) in [5, 5.41) is 3.14. The van der Waals surface area contributed by atoms with Crippen molar-refractivity contribution in [2.75, 3.05) is 69.5 Å². The average Bonchev–Trinajstić information content (AvgIpc) is 3.65. The highest BCUT2D eigenvalue weighted by molar-refractivity contribution is 7.13. The van der Waals surface area contributed by atoms with Gasteiger partial charge in [0, 0.05) is 56.9 Å². The van der Waals surface area contributed by atoms with Gasteiger partial charge in [-0.3, -0.25) is 4.90 Å². The molecule has 0 radical (unpaired) electrons. The molecule has 5 rings (SSSR count). The summed E-state index contributed by atoms with van der Waals surface area (Å²) in [6.07, 6.45) is 2.58. The molecule has 198 valence electrons. The molecule has 0 spiro atoms. The molecule has 0 atom stereocenters. The van der Waals surface area contributed by atoms with E-state index in [9.17, 15) is 0 Å². The lowest BCUT2D eigenvalue weighted by Gasteiger charge is -2.26. The van der Waals surface area contributed by atoms with Gasteiger partial charge in [-0.25, -0.2) is 4.98 Å². The third kappa shape index (κ3) is 7.45. The number of benzene rings is 2. The minimum absolute atomic E-state index is 0.540. The van der Waals surface area contributed by atoms with Crippen LogP contribution < -0.4 is 14.5 Å². The summed E-state index contributed by atoms with van der Waals surface area (Å²) >= 11 is 1.68. The predicted octanol–water partition coefficient (Wildman–Crippen LogP) is 4.81. The predicted molar refractivity (Wildman–Crippen MR) is 150 cm³/mol. The van der Waals surface area contributed by atoms with Crippen LogP contribution >= 0.6 is 11.3 Å². The highest BCUT2D eigenvalue weighted by Crippen LogP contribution is 2.27. The van der Waals surface area contributed by atoms with Crippen LogP contribution in [0.5, 0.6) is 5.75 Å². The molecule has 2 aliphatic rings. The smallest absolute Gasteiger partial charge is 0.186 e. The normalized spacial score (nSPS) is 16.3. The Kier molecular flexibility index (Phi) is 9.29. The first-order valence-corrected chi connectivity index (χ1v) is 14.2. The third-order valence-electron chi connectivity index (χ3n) is 7.00. The molecule has 0 saturated carbocycles. The molecule has 3 heterocycles. The van der Waals surface area contributed by atoms with Gasteiger partial charge in [0.1, 0.15) is 5.75 Å². The first kappa shape index (κ1) is 26.0. The summed E-state index contributed by atoms with van der Waals surface area (Å²) in [6.45, 7) is 9.69. The summed E-state index contributed by atoms with van der Waals surface area (Å²) in [5.74, 6) is 0.876. The Morgan fingerprint density at radius 1 is 0.973 bits per heavy atom. The minimum Gasteiger partial charge on any atom is -0.497 e. The average molecular weight is 523 g/mol. The van der Waals surface area contributed by atoms with Gasteiger partial charge in [0.2, 0.25) is 0 Å². The van der Waals surface area contributed by atoms with Gasteiger partial charge < -0.3 is 24.0 Å². The van der Waals surface area contributed by atoms with Crippen LogP contribution in [0.25, 0.3) is 0 Å². The second kappa shape index (κ2) is 13.2. The standard InChI is InChI=1S/C29H38N4O3S/c1-34-28-6-4-5-25(19-28)21-33(20-24-7-9-27(10-8-24)32-11-2-3-12-32)29-30-26(23-37-29)22-36-18-15-31-13-16-35-17-14-31/h4-10,19,23H,2-3,11-18,20-22H2,1H3. The lowest BCUT2D eigenvalue weighted by Crippen LogP contribution is -2.38. The van der Waals surface area contributed by atoms with Crippen LogP contribution in [-0.4, -0.2) is 69.5 Å². The zero-order valence-electron chi connectivity index (χ0n) is 21.8. The summed E-state index contributed by atoms with van der Waals surface area (Å²) in [6, 6.07) is 17.3. The van der Waals surface area contributed by atoms with Gasteiger partial charge in [-0.2, -0.15) is 0 Å². The van der Waals surface area contributed by atoms with Crippen molar-refractivity contribution in [2.24, 2.45) is 0 Å². The maximum absolute atomic E-state index is 5.97. The number of methoxy groups -OCH3 is 1. The molecule has 2 aliphatic heterocycles. The van der Waals surface area contributed by atoms with Crippen molar-refractivity contribution < 1.29 is 14.2 Å². The van der Waals surface area contributed by atoms with Crippen molar-refractivity contribution in [3.05, 3.63) is 70.7 Å². The highest BCUT2D eigenvalue weighted by Gasteiger charge is 2.16. The van der Waals surface area contributed by atoms with E-state index in [0.29, 0.717) is 13.2 Å². The summed E-state index contributed by atoms with van der Waals surface area (Å²) in [5.41, 5.74) is 4.80. The fraction of sp³-hybridized carbons (Fsp3) is 0.483. The zero-order chi connectivity index (χ0) is 25.3. The van der Waals surface area contributed by atoms with Crippen molar-refractivity contribution in [1.29, 1.82) is 0 Å². The number of anilines is 2. The van der Waals surface area contributed by atoms with E-state index in [1.807, 2.05) is 12.1 Å². The van der Waals surface area contributed by atoms with E-state index in [-0.39, 0.29) is 0 Å². The number of ether oxygens (including phenoxy) is 3. The number of rotatable bonds is 12. The lowest BCUT2D eigenvalue weighted by atomic mass is 10.1. The Hall–Kier alpha value is -2.65. The van der Waals surface area contributed by atoms with Crippen LogP contribution in [-0.2, 0) is 29.2 Å². The molecule has 2 aromatic carbocycles. The van der Waals surface area contributed by atoms with Gasteiger partial charge in [0.15, 0.2) is 5.13 Å². The molecule has 2 fully saturated rings. The molecule has 0 amide bonds. The van der Waals surface area contributed by atoms with Crippen LogP contribution in [0.1, 0.15) is 29.7 Å². The van der Waals surface area contributed by atoms with Crippen LogP contribution in [0.3, 0.4) is 0 Å². The van der Waals surface area contributed by atoms with Gasteiger partial charge >= 0.3 is 0 Å². The maximum Gasteiger partial charge on any atom is 0.186 e. The van der Waals surface area contributed by atoms with Gasteiger partial charge in [-0.05, 0) is 48.2 Å². The number of nitrogens with zero attached hydrogens (tertiary/aromatic N) is 4. The van der Waals surface area contributed by atoms with Crippen LogP contribution in [0.15, 0.2) is 53.9 Å². The molecule has 2 saturated heterocycles. The van der Waals surface area contributed by atoms with E-state index in [1.165, 1.54) is 29.7 Å². The van der Waals surface area contributed by atoms with Crippen molar-refractivity contribution in [1.82, 2.24) is 9.88 Å². The lowest BCUT2D eigenvalue weighted by molar-refractivity contribution is 0.0177. The molecule has 3 aromatic rings. The van der Waals surface area contributed by atoms with E-state index in [2.05, 4.69) is 56.5 Å². The topological polar surface area (TPSA) is 50.3 Å². The number of thiazole rings is 1. The Morgan fingerprint density at radius 2 is 1.76 bits per heavy atom. The summed E-state index contributed by atoms with van der Waals surface area (Å²) in [4.78, 5) is 12.2. The Bertz CT molecular complexity index is 1090. The fourth-order valence-corrected chi connectivity index (χ4v) is 5.70.